The van der Waals surface area contributed by atoms with Gasteiger partial charge in [0.1, 0.15) is 24.0 Å². The topological polar surface area (TPSA) is 54.0 Å². The number of hydrogen-bond donors (Lipinski definition) is 2. The Labute approximate surface area is 150 Å². The molecule has 1 atom stereocenters. The molecule has 4 nitrogen and oxygen atoms in total. The van der Waals surface area contributed by atoms with Gasteiger partial charge >= 0.3 is 0 Å². The first-order valence-corrected chi connectivity index (χ1v) is 8.25. The second-order valence-corrected chi connectivity index (χ2v) is 5.96. The van der Waals surface area contributed by atoms with E-state index >= 15 is 0 Å². The van der Waals surface area contributed by atoms with Crippen molar-refractivity contribution in [3.05, 3.63) is 83.9 Å². The number of rotatable bonds is 4. The van der Waals surface area contributed by atoms with Crippen molar-refractivity contribution in [3.8, 4) is 11.1 Å². The predicted octanol–water partition coefficient (Wildman–Crippen LogP) is 4.45. The molecule has 4 rings (SSSR count). The second kappa shape index (κ2) is 6.80. The molecule has 128 valence electrons. The summed E-state index contributed by atoms with van der Waals surface area (Å²) in [5.74, 6) is 0.285. The Hall–Kier alpha value is -3.47. The number of aromatic nitrogens is 1. The van der Waals surface area contributed by atoms with Gasteiger partial charge in [0, 0.05) is 23.0 Å². The van der Waals surface area contributed by atoms with Gasteiger partial charge in [-0.2, -0.15) is 0 Å². The number of anilines is 2. The number of aldehydes is 1. The molecule has 1 unspecified atom stereocenters. The van der Waals surface area contributed by atoms with Gasteiger partial charge in [0.05, 0.1) is 0 Å². The van der Waals surface area contributed by atoms with E-state index in [1.165, 1.54) is 12.1 Å². The Morgan fingerprint density at radius 2 is 1.96 bits per heavy atom. The number of para-hydroxylation sites is 1. The summed E-state index contributed by atoms with van der Waals surface area (Å²) < 4.78 is 13.7. The first-order valence-electron chi connectivity index (χ1n) is 8.25. The molecule has 0 saturated heterocycles. The number of carbonyl (C=O) groups excluding carboxylic acids is 1. The minimum absolute atomic E-state index is 0.312. The summed E-state index contributed by atoms with van der Waals surface area (Å²) in [5, 5.41) is 6.31. The van der Waals surface area contributed by atoms with Gasteiger partial charge in [0.2, 0.25) is 0 Å². The first-order chi connectivity index (χ1) is 12.8. The van der Waals surface area contributed by atoms with Crippen LogP contribution in [-0.2, 0) is 4.79 Å². The van der Waals surface area contributed by atoms with E-state index in [0.717, 1.165) is 34.2 Å². The highest BCUT2D eigenvalue weighted by Crippen LogP contribution is 2.36. The Bertz CT molecular complexity index is 986. The van der Waals surface area contributed by atoms with E-state index in [1.807, 2.05) is 42.5 Å². The fourth-order valence-corrected chi connectivity index (χ4v) is 3.10. The van der Waals surface area contributed by atoms with Crippen molar-refractivity contribution in [2.75, 3.05) is 5.32 Å². The molecule has 0 amide bonds. The maximum atomic E-state index is 13.7. The van der Waals surface area contributed by atoms with Gasteiger partial charge in [-0.3, -0.25) is 0 Å². The third kappa shape index (κ3) is 2.95. The van der Waals surface area contributed by atoms with Crippen LogP contribution in [0, 0.1) is 5.82 Å². The van der Waals surface area contributed by atoms with Gasteiger partial charge in [0.25, 0.3) is 0 Å². The molecule has 26 heavy (non-hydrogen) atoms. The molecule has 3 aromatic rings. The maximum absolute atomic E-state index is 13.7. The van der Waals surface area contributed by atoms with Crippen LogP contribution in [0.3, 0.4) is 0 Å². The monoisotopic (exact) mass is 345 g/mol. The highest BCUT2D eigenvalue weighted by atomic mass is 19.1. The molecule has 5 heteroatoms. The van der Waals surface area contributed by atoms with E-state index in [9.17, 15) is 9.18 Å². The molecule has 0 fully saturated rings. The smallest absolute Gasteiger partial charge is 0.146 e. The lowest BCUT2D eigenvalue weighted by atomic mass is 9.92. The Morgan fingerprint density at radius 3 is 2.73 bits per heavy atom. The summed E-state index contributed by atoms with van der Waals surface area (Å²) in [6, 6.07) is 15.5. The van der Waals surface area contributed by atoms with Crippen molar-refractivity contribution in [1.82, 2.24) is 10.3 Å². The summed E-state index contributed by atoms with van der Waals surface area (Å²) in [6.07, 6.45) is 6.16. The van der Waals surface area contributed by atoms with Gasteiger partial charge in [-0.1, -0.05) is 30.3 Å². The highest BCUT2D eigenvalue weighted by Gasteiger charge is 2.24. The summed E-state index contributed by atoms with van der Waals surface area (Å²) in [6.45, 7) is 0. The van der Waals surface area contributed by atoms with Crippen molar-refractivity contribution in [2.45, 2.75) is 6.04 Å². The normalized spacial score (nSPS) is 15.0. The average molecular weight is 345 g/mol. The number of nitrogens with zero attached hydrogens (tertiary/aromatic N) is 1. The SMILES string of the molecule is O=CC1NC=Cc2c(-c3cccc(F)c3)cnc(Nc3ccccc3)c21. The molecule has 0 radical (unpaired) electrons. The van der Waals surface area contributed by atoms with Crippen LogP contribution in [0.4, 0.5) is 15.9 Å². The zero-order valence-electron chi connectivity index (χ0n) is 13.8. The van der Waals surface area contributed by atoms with E-state index in [2.05, 4.69) is 15.6 Å². The molecule has 0 bridgehead atoms. The summed E-state index contributed by atoms with van der Waals surface area (Å²) in [7, 11) is 0. The predicted molar refractivity (Wildman–Crippen MR) is 100 cm³/mol. The molecule has 0 saturated carbocycles. The molecule has 0 aliphatic carbocycles. The minimum atomic E-state index is -0.526. The number of carbonyl (C=O) groups is 1. The van der Waals surface area contributed by atoms with E-state index in [0.29, 0.717) is 5.82 Å². The maximum Gasteiger partial charge on any atom is 0.146 e. The van der Waals surface area contributed by atoms with E-state index in [1.54, 1.807) is 18.5 Å². The van der Waals surface area contributed by atoms with E-state index in [-0.39, 0.29) is 5.82 Å². The standard InChI is InChI=1S/C21H16FN3O/c22-15-6-4-5-14(11-15)18-12-24-21(25-16-7-2-1-3-8-16)20-17(18)9-10-23-19(20)13-26/h1-13,19,23H,(H,24,25). The number of fused-ring (bicyclic) bond motifs is 1. The van der Waals surface area contributed by atoms with Crippen LogP contribution in [0.5, 0.6) is 0 Å². The molecule has 1 aliphatic rings. The van der Waals surface area contributed by atoms with Crippen LogP contribution in [-0.4, -0.2) is 11.3 Å². The van der Waals surface area contributed by atoms with Crippen LogP contribution < -0.4 is 10.6 Å². The second-order valence-electron chi connectivity index (χ2n) is 5.96. The molecule has 2 aromatic carbocycles. The van der Waals surface area contributed by atoms with Crippen LogP contribution in [0.1, 0.15) is 17.2 Å². The average Bonchev–Trinajstić information content (AvgIpc) is 2.68. The zero-order valence-corrected chi connectivity index (χ0v) is 13.8. The summed E-state index contributed by atoms with van der Waals surface area (Å²) in [5.41, 5.74) is 3.96. The number of nitrogens with one attached hydrogen (secondary N) is 2. The van der Waals surface area contributed by atoms with Crippen molar-refractivity contribution in [3.63, 3.8) is 0 Å². The lowest BCUT2D eigenvalue weighted by molar-refractivity contribution is -0.109. The third-order valence-electron chi connectivity index (χ3n) is 4.30. The molecule has 1 aliphatic heterocycles. The fraction of sp³-hybridized carbons (Fsp3) is 0.0476. The van der Waals surface area contributed by atoms with Crippen LogP contribution in [0.2, 0.25) is 0 Å². The highest BCUT2D eigenvalue weighted by molar-refractivity contribution is 5.85. The van der Waals surface area contributed by atoms with Crippen molar-refractivity contribution in [1.29, 1.82) is 0 Å². The van der Waals surface area contributed by atoms with Crippen LogP contribution in [0.25, 0.3) is 17.2 Å². The molecular weight excluding hydrogens is 329 g/mol. The number of halogens is 1. The molecule has 0 spiro atoms. The summed E-state index contributed by atoms with van der Waals surface area (Å²) in [4.78, 5) is 16.1. The number of pyridine rings is 1. The van der Waals surface area contributed by atoms with Crippen molar-refractivity contribution >= 4 is 23.9 Å². The van der Waals surface area contributed by atoms with Crippen molar-refractivity contribution in [2.24, 2.45) is 0 Å². The van der Waals surface area contributed by atoms with E-state index in [4.69, 9.17) is 0 Å². The molecule has 1 aromatic heterocycles. The number of hydrogen-bond acceptors (Lipinski definition) is 4. The van der Waals surface area contributed by atoms with Gasteiger partial charge in [0.15, 0.2) is 0 Å². The Balaban J connectivity index is 1.87. The fourth-order valence-electron chi connectivity index (χ4n) is 3.10. The first kappa shape index (κ1) is 16.0. The van der Waals surface area contributed by atoms with Crippen LogP contribution >= 0.6 is 0 Å². The van der Waals surface area contributed by atoms with Gasteiger partial charge < -0.3 is 15.4 Å². The van der Waals surface area contributed by atoms with Crippen LogP contribution in [0.15, 0.2) is 67.0 Å². The third-order valence-corrected chi connectivity index (χ3v) is 4.30. The van der Waals surface area contributed by atoms with Gasteiger partial charge in [-0.25, -0.2) is 9.37 Å². The van der Waals surface area contributed by atoms with Crippen molar-refractivity contribution < 1.29 is 9.18 Å². The minimum Gasteiger partial charge on any atom is -0.378 e. The lowest BCUT2D eigenvalue weighted by Gasteiger charge is -2.24. The number of benzene rings is 2. The quantitative estimate of drug-likeness (QED) is 0.686. The van der Waals surface area contributed by atoms with E-state index < -0.39 is 6.04 Å². The largest absolute Gasteiger partial charge is 0.378 e. The molecule has 2 heterocycles. The molecular formula is C21H16FN3O. The molecule has 2 N–H and O–H groups in total. The lowest BCUT2D eigenvalue weighted by Crippen LogP contribution is -2.23. The van der Waals surface area contributed by atoms with Gasteiger partial charge in [-0.05, 0) is 47.7 Å². The zero-order chi connectivity index (χ0) is 17.9. The summed E-state index contributed by atoms with van der Waals surface area (Å²) >= 11 is 0. The Morgan fingerprint density at radius 1 is 1.12 bits per heavy atom. The Kier molecular flexibility index (Phi) is 4.19. The van der Waals surface area contributed by atoms with Gasteiger partial charge in [-0.15, -0.1) is 0 Å².